The SMILES string of the molecule is CCNC(=NCC1CCCN(C(C)C)C1)N(C)Cc1cccn1C.I. The highest BCUT2D eigenvalue weighted by molar-refractivity contribution is 14.0. The van der Waals surface area contributed by atoms with Crippen LogP contribution in [0.5, 0.6) is 0 Å². The lowest BCUT2D eigenvalue weighted by Gasteiger charge is -2.35. The first-order valence-electron chi connectivity index (χ1n) is 9.35. The van der Waals surface area contributed by atoms with Crippen LogP contribution in [0.2, 0.25) is 0 Å². The first-order valence-corrected chi connectivity index (χ1v) is 9.35. The summed E-state index contributed by atoms with van der Waals surface area (Å²) in [5.74, 6) is 1.69. The average molecular weight is 461 g/mol. The smallest absolute Gasteiger partial charge is 0.194 e. The number of hydrogen-bond acceptors (Lipinski definition) is 2. The zero-order valence-electron chi connectivity index (χ0n) is 16.5. The average Bonchev–Trinajstić information content (AvgIpc) is 2.96. The molecule has 1 aliphatic rings. The van der Waals surface area contributed by atoms with Gasteiger partial charge in [-0.05, 0) is 58.2 Å². The molecule has 2 heterocycles. The van der Waals surface area contributed by atoms with Gasteiger partial charge in [0, 0.05) is 51.7 Å². The highest BCUT2D eigenvalue weighted by Crippen LogP contribution is 2.18. The number of nitrogens with one attached hydrogen (secondary N) is 1. The zero-order chi connectivity index (χ0) is 17.5. The summed E-state index contributed by atoms with van der Waals surface area (Å²) in [4.78, 5) is 9.75. The van der Waals surface area contributed by atoms with Crippen molar-refractivity contribution in [2.45, 2.75) is 46.2 Å². The number of aliphatic imine (C=N–C) groups is 1. The van der Waals surface area contributed by atoms with E-state index >= 15 is 0 Å². The number of halogens is 1. The molecule has 6 heteroatoms. The van der Waals surface area contributed by atoms with Gasteiger partial charge in [0.25, 0.3) is 0 Å². The normalized spacial score (nSPS) is 19.0. The van der Waals surface area contributed by atoms with Crippen LogP contribution in [-0.4, -0.2) is 59.6 Å². The Hall–Kier alpha value is -0.760. The van der Waals surface area contributed by atoms with Gasteiger partial charge in [-0.25, -0.2) is 0 Å². The van der Waals surface area contributed by atoms with Crippen LogP contribution in [0.15, 0.2) is 23.3 Å². The molecule has 1 aliphatic heterocycles. The van der Waals surface area contributed by atoms with E-state index in [9.17, 15) is 0 Å². The Balaban J connectivity index is 0.00000312. The van der Waals surface area contributed by atoms with Gasteiger partial charge in [-0.3, -0.25) is 4.99 Å². The molecule has 25 heavy (non-hydrogen) atoms. The van der Waals surface area contributed by atoms with Gasteiger partial charge < -0.3 is 19.7 Å². The molecule has 0 saturated carbocycles. The lowest BCUT2D eigenvalue weighted by atomic mass is 9.97. The Morgan fingerprint density at radius 1 is 1.44 bits per heavy atom. The van der Waals surface area contributed by atoms with Gasteiger partial charge in [-0.2, -0.15) is 0 Å². The van der Waals surface area contributed by atoms with Crippen molar-refractivity contribution < 1.29 is 0 Å². The van der Waals surface area contributed by atoms with E-state index in [4.69, 9.17) is 4.99 Å². The minimum Gasteiger partial charge on any atom is -0.357 e. The fraction of sp³-hybridized carbons (Fsp3) is 0.737. The third-order valence-electron chi connectivity index (χ3n) is 4.93. The highest BCUT2D eigenvalue weighted by Gasteiger charge is 2.21. The van der Waals surface area contributed by atoms with Gasteiger partial charge >= 0.3 is 0 Å². The Bertz CT molecular complexity index is 526. The molecule has 0 aromatic carbocycles. The van der Waals surface area contributed by atoms with Crippen molar-refractivity contribution in [3.8, 4) is 0 Å². The van der Waals surface area contributed by atoms with E-state index < -0.39 is 0 Å². The van der Waals surface area contributed by atoms with Crippen molar-refractivity contribution in [3.05, 3.63) is 24.0 Å². The second-order valence-electron chi connectivity index (χ2n) is 7.26. The number of guanidine groups is 1. The predicted octanol–water partition coefficient (Wildman–Crippen LogP) is 3.16. The van der Waals surface area contributed by atoms with Crippen molar-refractivity contribution in [3.63, 3.8) is 0 Å². The zero-order valence-corrected chi connectivity index (χ0v) is 18.9. The summed E-state index contributed by atoms with van der Waals surface area (Å²) in [5.41, 5.74) is 1.30. The fourth-order valence-corrected chi connectivity index (χ4v) is 3.38. The summed E-state index contributed by atoms with van der Waals surface area (Å²) < 4.78 is 2.17. The largest absolute Gasteiger partial charge is 0.357 e. The van der Waals surface area contributed by atoms with Crippen LogP contribution < -0.4 is 5.32 Å². The van der Waals surface area contributed by atoms with Crippen LogP contribution in [0.4, 0.5) is 0 Å². The Morgan fingerprint density at radius 3 is 2.80 bits per heavy atom. The summed E-state index contributed by atoms with van der Waals surface area (Å²) in [7, 11) is 4.21. The van der Waals surface area contributed by atoms with Crippen LogP contribution in [0.1, 0.15) is 39.3 Å². The Kier molecular flexibility index (Phi) is 9.86. The lowest BCUT2D eigenvalue weighted by molar-refractivity contribution is 0.143. The van der Waals surface area contributed by atoms with Crippen LogP contribution in [-0.2, 0) is 13.6 Å². The van der Waals surface area contributed by atoms with Crippen LogP contribution in [0, 0.1) is 5.92 Å². The standard InChI is InChI=1S/C19H35N5.HI/c1-6-20-19(23(5)15-18-10-8-11-22(18)4)21-13-17-9-7-12-24(14-17)16(2)3;/h8,10-11,16-17H,6-7,9,12-15H2,1-5H3,(H,20,21);1H. The number of aryl methyl sites for hydroxylation is 1. The minimum atomic E-state index is 0. The fourth-order valence-electron chi connectivity index (χ4n) is 3.38. The summed E-state index contributed by atoms with van der Waals surface area (Å²) in [6.45, 7) is 11.8. The molecule has 1 fully saturated rings. The third kappa shape index (κ3) is 6.81. The second-order valence-corrected chi connectivity index (χ2v) is 7.26. The van der Waals surface area contributed by atoms with E-state index in [0.29, 0.717) is 12.0 Å². The maximum atomic E-state index is 4.94. The van der Waals surface area contributed by atoms with Crippen molar-refractivity contribution in [2.75, 3.05) is 33.2 Å². The summed E-state index contributed by atoms with van der Waals surface area (Å²) >= 11 is 0. The van der Waals surface area contributed by atoms with Gasteiger partial charge in [0.05, 0.1) is 6.54 Å². The molecule has 0 spiro atoms. The Labute approximate surface area is 170 Å². The highest BCUT2D eigenvalue weighted by atomic mass is 127. The van der Waals surface area contributed by atoms with Crippen LogP contribution >= 0.6 is 24.0 Å². The van der Waals surface area contributed by atoms with E-state index in [2.05, 4.69) is 72.9 Å². The number of nitrogens with zero attached hydrogens (tertiary/aromatic N) is 4. The molecule has 5 nitrogen and oxygen atoms in total. The topological polar surface area (TPSA) is 35.8 Å². The molecule has 144 valence electrons. The first-order chi connectivity index (χ1) is 11.5. The van der Waals surface area contributed by atoms with Gasteiger partial charge in [0.15, 0.2) is 5.96 Å². The monoisotopic (exact) mass is 461 g/mol. The first kappa shape index (κ1) is 22.3. The molecule has 2 rings (SSSR count). The predicted molar refractivity (Wildman–Crippen MR) is 118 cm³/mol. The maximum absolute atomic E-state index is 4.94. The summed E-state index contributed by atoms with van der Waals surface area (Å²) in [5, 5.41) is 3.44. The molecule has 0 bridgehead atoms. The van der Waals surface area contributed by atoms with Crippen molar-refractivity contribution in [1.29, 1.82) is 0 Å². The molecule has 1 aromatic heterocycles. The van der Waals surface area contributed by atoms with Gasteiger partial charge in [0.1, 0.15) is 0 Å². The van der Waals surface area contributed by atoms with Crippen LogP contribution in [0.3, 0.4) is 0 Å². The molecule has 1 aromatic rings. The van der Waals surface area contributed by atoms with Gasteiger partial charge in [0.2, 0.25) is 0 Å². The summed E-state index contributed by atoms with van der Waals surface area (Å²) in [6, 6.07) is 4.90. The van der Waals surface area contributed by atoms with E-state index in [-0.39, 0.29) is 24.0 Å². The number of likely N-dealkylation sites (tertiary alicyclic amines) is 1. The molecule has 1 saturated heterocycles. The van der Waals surface area contributed by atoms with Crippen LogP contribution in [0.25, 0.3) is 0 Å². The minimum absolute atomic E-state index is 0. The number of hydrogen-bond donors (Lipinski definition) is 1. The van der Waals surface area contributed by atoms with Crippen molar-refractivity contribution in [2.24, 2.45) is 18.0 Å². The number of piperidine rings is 1. The van der Waals surface area contributed by atoms with Crippen molar-refractivity contribution >= 4 is 29.9 Å². The molecule has 1 N–H and O–H groups in total. The molecular weight excluding hydrogens is 425 g/mol. The summed E-state index contributed by atoms with van der Waals surface area (Å²) in [6.07, 6.45) is 4.69. The van der Waals surface area contributed by atoms with E-state index in [0.717, 1.165) is 25.6 Å². The Morgan fingerprint density at radius 2 is 2.20 bits per heavy atom. The quantitative estimate of drug-likeness (QED) is 0.402. The molecule has 1 atom stereocenters. The van der Waals surface area contributed by atoms with Gasteiger partial charge in [-0.1, -0.05) is 0 Å². The molecule has 1 unspecified atom stereocenters. The molecule has 0 radical (unpaired) electrons. The third-order valence-corrected chi connectivity index (χ3v) is 4.93. The van der Waals surface area contributed by atoms with E-state index in [1.54, 1.807) is 0 Å². The second kappa shape index (κ2) is 11.1. The van der Waals surface area contributed by atoms with Gasteiger partial charge in [-0.15, -0.1) is 24.0 Å². The van der Waals surface area contributed by atoms with E-state index in [1.807, 2.05) is 0 Å². The molecule has 0 aliphatic carbocycles. The van der Waals surface area contributed by atoms with Crippen molar-refractivity contribution in [1.82, 2.24) is 19.7 Å². The molecular formula is C19H36IN5. The maximum Gasteiger partial charge on any atom is 0.194 e. The van der Waals surface area contributed by atoms with E-state index in [1.165, 1.54) is 31.6 Å². The molecule has 0 amide bonds. The number of rotatable bonds is 6. The number of aromatic nitrogens is 1. The lowest BCUT2D eigenvalue weighted by Crippen LogP contribution is -2.42.